The molecule has 0 aliphatic rings. The number of hydrogen-bond acceptors (Lipinski definition) is 8. The highest BCUT2D eigenvalue weighted by atomic mass is 19.1. The third-order valence-electron chi connectivity index (χ3n) is 4.63. The number of H-pyrrole nitrogens is 1. The van der Waals surface area contributed by atoms with Gasteiger partial charge in [-0.2, -0.15) is 4.39 Å². The maximum Gasteiger partial charge on any atom is 0.330 e. The van der Waals surface area contributed by atoms with E-state index in [0.29, 0.717) is 13.2 Å². The van der Waals surface area contributed by atoms with Crippen molar-refractivity contribution in [3.8, 4) is 0 Å². The van der Waals surface area contributed by atoms with E-state index in [1.54, 1.807) is 0 Å². The number of carbonyl (C=O) groups is 2. The molecule has 1 rings (SSSR count). The molecule has 0 bridgehead atoms. The van der Waals surface area contributed by atoms with Crippen LogP contribution in [-0.2, 0) is 35.3 Å². The van der Waals surface area contributed by atoms with Crippen LogP contribution in [0.2, 0.25) is 0 Å². The van der Waals surface area contributed by atoms with Gasteiger partial charge in [-0.15, -0.1) is 0 Å². The number of rotatable bonds is 18. The fourth-order valence-electron chi connectivity index (χ4n) is 2.99. The van der Waals surface area contributed by atoms with E-state index in [2.05, 4.69) is 0 Å². The van der Waals surface area contributed by atoms with Crippen LogP contribution in [0.1, 0.15) is 65.2 Å². The molecule has 0 fully saturated rings. The number of esters is 2. The van der Waals surface area contributed by atoms with Gasteiger partial charge in [0.25, 0.3) is 5.56 Å². The van der Waals surface area contributed by atoms with E-state index in [-0.39, 0.29) is 19.9 Å². The van der Waals surface area contributed by atoms with Crippen LogP contribution < -0.4 is 11.2 Å². The van der Waals surface area contributed by atoms with Gasteiger partial charge in [-0.05, 0) is 12.8 Å². The summed E-state index contributed by atoms with van der Waals surface area (Å²) in [4.78, 5) is 46.2. The van der Waals surface area contributed by atoms with E-state index in [0.717, 1.165) is 62.1 Å². The van der Waals surface area contributed by atoms with Crippen LogP contribution in [0.4, 0.5) is 4.39 Å². The van der Waals surface area contributed by atoms with E-state index >= 15 is 0 Å². The maximum atomic E-state index is 13.2. The Morgan fingerprint density at radius 2 is 1.48 bits per heavy atom. The largest absolute Gasteiger partial charge is 0.462 e. The summed E-state index contributed by atoms with van der Waals surface area (Å²) in [5.41, 5.74) is -1.73. The molecule has 33 heavy (non-hydrogen) atoms. The van der Waals surface area contributed by atoms with Crippen LogP contribution in [0.5, 0.6) is 0 Å². The van der Waals surface area contributed by atoms with Crippen LogP contribution in [-0.4, -0.2) is 54.0 Å². The van der Waals surface area contributed by atoms with Crippen molar-refractivity contribution < 1.29 is 32.9 Å². The van der Waals surface area contributed by atoms with Gasteiger partial charge in [-0.1, -0.05) is 38.5 Å². The topological polar surface area (TPSA) is 126 Å². The molecule has 0 amide bonds. The second-order valence-electron chi connectivity index (χ2n) is 7.68. The molecule has 10 nitrogen and oxygen atoms in total. The van der Waals surface area contributed by atoms with Crippen LogP contribution in [0.15, 0.2) is 15.8 Å². The minimum absolute atomic E-state index is 0.00977. The Labute approximate surface area is 192 Å². The van der Waals surface area contributed by atoms with Gasteiger partial charge in [0, 0.05) is 27.1 Å². The number of ether oxygens (including phenoxy) is 4. The molecule has 0 radical (unpaired) electrons. The molecule has 188 valence electrons. The van der Waals surface area contributed by atoms with Gasteiger partial charge in [0.05, 0.1) is 12.8 Å². The molecule has 0 saturated heterocycles. The highest BCUT2D eigenvalue weighted by molar-refractivity contribution is 5.67. The van der Waals surface area contributed by atoms with Gasteiger partial charge in [-0.25, -0.2) is 4.79 Å². The van der Waals surface area contributed by atoms with E-state index < -0.39 is 35.1 Å². The maximum absolute atomic E-state index is 13.2. The van der Waals surface area contributed by atoms with Crippen molar-refractivity contribution in [3.05, 3.63) is 32.9 Å². The van der Waals surface area contributed by atoms with Crippen molar-refractivity contribution in [1.29, 1.82) is 0 Å². The zero-order valence-electron chi connectivity index (χ0n) is 19.4. The Morgan fingerprint density at radius 3 is 2.06 bits per heavy atom. The normalized spacial score (nSPS) is 11.8. The van der Waals surface area contributed by atoms with Crippen LogP contribution in [0.25, 0.3) is 0 Å². The van der Waals surface area contributed by atoms with Crippen LogP contribution in [0.3, 0.4) is 0 Å². The van der Waals surface area contributed by atoms with E-state index in [1.165, 1.54) is 13.8 Å². The van der Waals surface area contributed by atoms with Gasteiger partial charge in [0.15, 0.2) is 6.10 Å². The fraction of sp³-hybridized carbons (Fsp3) is 0.727. The monoisotopic (exact) mass is 474 g/mol. The molecule has 1 aromatic rings. The summed E-state index contributed by atoms with van der Waals surface area (Å²) in [6.45, 7) is 3.69. The minimum Gasteiger partial charge on any atom is -0.462 e. The number of halogens is 1. The third-order valence-corrected chi connectivity index (χ3v) is 4.63. The SMILES string of the molecule is CC(=O)OCC(COCCCCCCCCCCOCn1cc(F)c(=O)[nH]c1=O)OC(C)=O. The predicted molar refractivity (Wildman–Crippen MR) is 117 cm³/mol. The van der Waals surface area contributed by atoms with Crippen molar-refractivity contribution in [2.24, 2.45) is 0 Å². The first kappa shape index (κ1) is 28.5. The lowest BCUT2D eigenvalue weighted by molar-refractivity contribution is -0.159. The second-order valence-corrected chi connectivity index (χ2v) is 7.68. The summed E-state index contributed by atoms with van der Waals surface area (Å²) in [5, 5.41) is 0. The van der Waals surface area contributed by atoms with Crippen molar-refractivity contribution in [2.75, 3.05) is 26.4 Å². The zero-order valence-corrected chi connectivity index (χ0v) is 19.4. The molecule has 0 aliphatic heterocycles. The van der Waals surface area contributed by atoms with E-state index in [9.17, 15) is 23.6 Å². The summed E-state index contributed by atoms with van der Waals surface area (Å²) in [6.07, 6.45) is 8.44. The Hall–Kier alpha value is -2.53. The van der Waals surface area contributed by atoms with Gasteiger partial charge in [0.2, 0.25) is 5.82 Å². The predicted octanol–water partition coefficient (Wildman–Crippen LogP) is 2.28. The number of nitrogens with zero attached hydrogens (tertiary/aromatic N) is 1. The summed E-state index contributed by atoms with van der Waals surface area (Å²) in [5.74, 6) is -1.89. The summed E-state index contributed by atoms with van der Waals surface area (Å²) >= 11 is 0. The lowest BCUT2D eigenvalue weighted by atomic mass is 10.1. The average Bonchev–Trinajstić information content (AvgIpc) is 2.75. The number of carbonyl (C=O) groups excluding carboxylic acids is 2. The molecule has 0 aliphatic carbocycles. The summed E-state index contributed by atoms with van der Waals surface area (Å²) in [6, 6.07) is 0. The highest BCUT2D eigenvalue weighted by Crippen LogP contribution is 2.09. The number of aromatic amines is 1. The zero-order chi connectivity index (χ0) is 24.5. The molecule has 1 heterocycles. The smallest absolute Gasteiger partial charge is 0.330 e. The molecule has 0 aromatic carbocycles. The van der Waals surface area contributed by atoms with Gasteiger partial charge >= 0.3 is 17.6 Å². The molecule has 0 spiro atoms. The molecular weight excluding hydrogens is 439 g/mol. The second kappa shape index (κ2) is 17.0. The minimum atomic E-state index is -1.03. The first-order valence-corrected chi connectivity index (χ1v) is 11.2. The lowest BCUT2D eigenvalue weighted by Gasteiger charge is -2.16. The first-order valence-electron chi connectivity index (χ1n) is 11.2. The average molecular weight is 475 g/mol. The van der Waals surface area contributed by atoms with Crippen molar-refractivity contribution in [1.82, 2.24) is 9.55 Å². The molecule has 1 aromatic heterocycles. The lowest BCUT2D eigenvalue weighted by Crippen LogP contribution is -2.32. The van der Waals surface area contributed by atoms with Crippen LogP contribution >= 0.6 is 0 Å². The standard InChI is InChI=1S/C22H35FN2O8/c1-17(26)32-15-19(33-18(2)27)14-30-11-9-7-5-3-4-6-8-10-12-31-16-25-13-20(23)21(28)24-22(25)29/h13,19H,3-12,14-16H2,1-2H3,(H,24,28,29). The number of aromatic nitrogens is 2. The molecule has 1 unspecified atom stereocenters. The highest BCUT2D eigenvalue weighted by Gasteiger charge is 2.14. The van der Waals surface area contributed by atoms with Gasteiger partial charge in [-0.3, -0.25) is 23.9 Å². The first-order chi connectivity index (χ1) is 15.8. The Balaban J connectivity index is 1.95. The van der Waals surface area contributed by atoms with E-state index in [1.807, 2.05) is 4.98 Å². The third kappa shape index (κ3) is 14.3. The van der Waals surface area contributed by atoms with Crippen molar-refractivity contribution >= 4 is 11.9 Å². The summed E-state index contributed by atoms with van der Waals surface area (Å²) < 4.78 is 34.9. The van der Waals surface area contributed by atoms with Crippen molar-refractivity contribution in [2.45, 2.75) is 78.0 Å². The summed E-state index contributed by atoms with van der Waals surface area (Å²) in [7, 11) is 0. The quantitative estimate of drug-likeness (QED) is 0.254. The molecular formula is C22H35FN2O8. The van der Waals surface area contributed by atoms with Gasteiger partial charge < -0.3 is 18.9 Å². The van der Waals surface area contributed by atoms with Crippen LogP contribution in [0, 0.1) is 5.82 Å². The van der Waals surface area contributed by atoms with E-state index in [4.69, 9.17) is 18.9 Å². The number of hydrogen-bond donors (Lipinski definition) is 1. The molecule has 1 atom stereocenters. The van der Waals surface area contributed by atoms with Gasteiger partial charge in [0.1, 0.15) is 13.3 Å². The number of nitrogens with one attached hydrogen (secondary N) is 1. The number of unbranched alkanes of at least 4 members (excludes halogenated alkanes) is 7. The Morgan fingerprint density at radius 1 is 0.909 bits per heavy atom. The van der Waals surface area contributed by atoms with Crippen molar-refractivity contribution in [3.63, 3.8) is 0 Å². The Bertz CT molecular complexity index is 823. The Kier molecular flexibility index (Phi) is 14.7. The molecule has 1 N–H and O–H groups in total. The fourth-order valence-corrected chi connectivity index (χ4v) is 2.99. The molecule has 11 heteroatoms. The molecule has 0 saturated carbocycles.